The zero-order valence-electron chi connectivity index (χ0n) is 11.3. The SMILES string of the molecule is Cc1nc(NN)cc(N(C)C2CCCCCC2)n1. The fourth-order valence-electron chi connectivity index (χ4n) is 2.64. The molecule has 0 amide bonds. The number of hydrogen-bond acceptors (Lipinski definition) is 5. The highest BCUT2D eigenvalue weighted by atomic mass is 15.3. The van der Waals surface area contributed by atoms with E-state index in [-0.39, 0.29) is 0 Å². The van der Waals surface area contributed by atoms with Crippen LogP contribution in [0.1, 0.15) is 44.3 Å². The van der Waals surface area contributed by atoms with Gasteiger partial charge in [-0.3, -0.25) is 0 Å². The maximum absolute atomic E-state index is 5.43. The van der Waals surface area contributed by atoms with Crippen molar-refractivity contribution >= 4 is 11.6 Å². The van der Waals surface area contributed by atoms with Gasteiger partial charge in [-0.1, -0.05) is 25.7 Å². The predicted molar refractivity (Wildman–Crippen MR) is 74.5 cm³/mol. The number of hydrogen-bond donors (Lipinski definition) is 2. The summed E-state index contributed by atoms with van der Waals surface area (Å²) in [6.07, 6.45) is 7.88. The molecule has 0 aromatic carbocycles. The van der Waals surface area contributed by atoms with Crippen molar-refractivity contribution in [2.75, 3.05) is 17.4 Å². The molecule has 1 heterocycles. The van der Waals surface area contributed by atoms with Crippen LogP contribution in [0.4, 0.5) is 11.6 Å². The fourth-order valence-corrected chi connectivity index (χ4v) is 2.64. The van der Waals surface area contributed by atoms with E-state index in [1.165, 1.54) is 38.5 Å². The van der Waals surface area contributed by atoms with Crippen LogP contribution in [0, 0.1) is 6.92 Å². The first-order chi connectivity index (χ1) is 8.70. The van der Waals surface area contributed by atoms with Gasteiger partial charge in [0, 0.05) is 19.2 Å². The number of aryl methyl sites for hydroxylation is 1. The largest absolute Gasteiger partial charge is 0.357 e. The quantitative estimate of drug-likeness (QED) is 0.488. The van der Waals surface area contributed by atoms with Gasteiger partial charge in [0.2, 0.25) is 0 Å². The maximum atomic E-state index is 5.43. The molecule has 0 radical (unpaired) electrons. The summed E-state index contributed by atoms with van der Waals surface area (Å²) in [6.45, 7) is 1.89. The Balaban J connectivity index is 2.15. The third kappa shape index (κ3) is 3.10. The molecule has 5 heteroatoms. The standard InChI is InChI=1S/C13H23N5/c1-10-15-12(17-14)9-13(16-10)18(2)11-7-5-3-4-6-8-11/h9,11H,3-8,14H2,1-2H3,(H,15,16,17). The van der Waals surface area contributed by atoms with E-state index in [0.717, 1.165) is 11.6 Å². The van der Waals surface area contributed by atoms with Gasteiger partial charge in [0.25, 0.3) is 0 Å². The van der Waals surface area contributed by atoms with Crippen LogP contribution in [-0.2, 0) is 0 Å². The molecule has 1 aliphatic carbocycles. The maximum Gasteiger partial charge on any atom is 0.145 e. The normalized spacial score (nSPS) is 17.3. The molecule has 0 atom stereocenters. The summed E-state index contributed by atoms with van der Waals surface area (Å²) in [6, 6.07) is 2.50. The zero-order valence-corrected chi connectivity index (χ0v) is 11.3. The number of rotatable bonds is 3. The van der Waals surface area contributed by atoms with Crippen LogP contribution in [0.3, 0.4) is 0 Å². The summed E-state index contributed by atoms with van der Waals surface area (Å²) < 4.78 is 0. The van der Waals surface area contributed by atoms with Gasteiger partial charge in [-0.05, 0) is 19.8 Å². The lowest BCUT2D eigenvalue weighted by Gasteiger charge is -2.28. The number of aromatic nitrogens is 2. The van der Waals surface area contributed by atoms with Gasteiger partial charge in [-0.25, -0.2) is 15.8 Å². The summed E-state index contributed by atoms with van der Waals surface area (Å²) in [4.78, 5) is 11.0. The Labute approximate surface area is 109 Å². The topological polar surface area (TPSA) is 67.1 Å². The molecule has 0 spiro atoms. The van der Waals surface area contributed by atoms with E-state index < -0.39 is 0 Å². The van der Waals surface area contributed by atoms with Gasteiger partial charge in [0.05, 0.1) is 0 Å². The predicted octanol–water partition coefficient (Wildman–Crippen LogP) is 2.23. The highest BCUT2D eigenvalue weighted by Gasteiger charge is 2.18. The van der Waals surface area contributed by atoms with Crippen LogP contribution < -0.4 is 16.2 Å². The third-order valence-electron chi connectivity index (χ3n) is 3.71. The smallest absolute Gasteiger partial charge is 0.145 e. The minimum atomic E-state index is 0.590. The van der Waals surface area contributed by atoms with Crippen LogP contribution >= 0.6 is 0 Å². The molecule has 18 heavy (non-hydrogen) atoms. The Kier molecular flexibility index (Phi) is 4.36. The monoisotopic (exact) mass is 249 g/mol. The van der Waals surface area contributed by atoms with Gasteiger partial charge >= 0.3 is 0 Å². The molecule has 1 aliphatic rings. The highest BCUT2D eigenvalue weighted by Crippen LogP contribution is 2.25. The Morgan fingerprint density at radius 3 is 2.50 bits per heavy atom. The Morgan fingerprint density at radius 2 is 1.89 bits per heavy atom. The summed E-state index contributed by atoms with van der Waals surface area (Å²) >= 11 is 0. The van der Waals surface area contributed by atoms with Gasteiger partial charge in [-0.2, -0.15) is 0 Å². The molecule has 1 aromatic rings. The second-order valence-corrected chi connectivity index (χ2v) is 5.06. The molecule has 1 aromatic heterocycles. The zero-order chi connectivity index (χ0) is 13.0. The number of nitrogen functional groups attached to an aromatic ring is 1. The first kappa shape index (κ1) is 13.1. The summed E-state index contributed by atoms with van der Waals surface area (Å²) in [5.41, 5.74) is 2.60. The molecule has 0 saturated heterocycles. The van der Waals surface area contributed by atoms with E-state index in [9.17, 15) is 0 Å². The van der Waals surface area contributed by atoms with E-state index in [0.29, 0.717) is 11.9 Å². The minimum Gasteiger partial charge on any atom is -0.357 e. The number of nitrogens with one attached hydrogen (secondary N) is 1. The average Bonchev–Trinajstić information content (AvgIpc) is 2.65. The van der Waals surface area contributed by atoms with Crippen molar-refractivity contribution in [3.8, 4) is 0 Å². The van der Waals surface area contributed by atoms with Gasteiger partial charge in [0.15, 0.2) is 0 Å². The van der Waals surface area contributed by atoms with Crippen molar-refractivity contribution in [3.05, 3.63) is 11.9 Å². The van der Waals surface area contributed by atoms with E-state index in [1.54, 1.807) is 0 Å². The van der Waals surface area contributed by atoms with Crippen LogP contribution in [0.2, 0.25) is 0 Å². The number of nitrogens with zero attached hydrogens (tertiary/aromatic N) is 3. The van der Waals surface area contributed by atoms with Crippen molar-refractivity contribution < 1.29 is 0 Å². The average molecular weight is 249 g/mol. The first-order valence-electron chi connectivity index (χ1n) is 6.76. The minimum absolute atomic E-state index is 0.590. The molecule has 1 saturated carbocycles. The molecule has 0 aliphatic heterocycles. The molecule has 1 fully saturated rings. The number of nitrogens with two attached hydrogens (primary N) is 1. The van der Waals surface area contributed by atoms with Crippen LogP contribution in [0.25, 0.3) is 0 Å². The summed E-state index contributed by atoms with van der Waals surface area (Å²) in [7, 11) is 2.12. The van der Waals surface area contributed by atoms with Crippen molar-refractivity contribution in [2.24, 2.45) is 5.84 Å². The lowest BCUT2D eigenvalue weighted by Crippen LogP contribution is -2.32. The first-order valence-corrected chi connectivity index (χ1v) is 6.76. The summed E-state index contributed by atoms with van der Waals surface area (Å²) in [5.74, 6) is 7.82. The second kappa shape index (κ2) is 6.00. The molecular weight excluding hydrogens is 226 g/mol. The fraction of sp³-hybridized carbons (Fsp3) is 0.692. The van der Waals surface area contributed by atoms with Crippen molar-refractivity contribution in [1.82, 2.24) is 9.97 Å². The van der Waals surface area contributed by atoms with E-state index >= 15 is 0 Å². The lowest BCUT2D eigenvalue weighted by molar-refractivity contribution is 0.548. The Morgan fingerprint density at radius 1 is 1.22 bits per heavy atom. The van der Waals surface area contributed by atoms with Gasteiger partial charge in [-0.15, -0.1) is 0 Å². The van der Waals surface area contributed by atoms with E-state index in [1.807, 2.05) is 13.0 Å². The Bertz CT molecular complexity index is 385. The second-order valence-electron chi connectivity index (χ2n) is 5.06. The molecular formula is C13H23N5. The van der Waals surface area contributed by atoms with E-state index in [2.05, 4.69) is 27.3 Å². The van der Waals surface area contributed by atoms with Crippen molar-refractivity contribution in [3.63, 3.8) is 0 Å². The van der Waals surface area contributed by atoms with Gasteiger partial charge in [0.1, 0.15) is 17.5 Å². The lowest BCUT2D eigenvalue weighted by atomic mass is 10.1. The molecule has 5 nitrogen and oxygen atoms in total. The van der Waals surface area contributed by atoms with Crippen LogP contribution in [-0.4, -0.2) is 23.1 Å². The third-order valence-corrected chi connectivity index (χ3v) is 3.71. The number of anilines is 2. The van der Waals surface area contributed by atoms with E-state index in [4.69, 9.17) is 5.84 Å². The molecule has 100 valence electrons. The molecule has 0 bridgehead atoms. The molecule has 0 unspecified atom stereocenters. The number of hydrazine groups is 1. The molecule has 2 rings (SSSR count). The summed E-state index contributed by atoms with van der Waals surface area (Å²) in [5, 5.41) is 0. The van der Waals surface area contributed by atoms with Crippen molar-refractivity contribution in [2.45, 2.75) is 51.5 Å². The van der Waals surface area contributed by atoms with Gasteiger partial charge < -0.3 is 10.3 Å². The van der Waals surface area contributed by atoms with Crippen LogP contribution in [0.5, 0.6) is 0 Å². The molecule has 3 N–H and O–H groups in total. The van der Waals surface area contributed by atoms with Crippen molar-refractivity contribution in [1.29, 1.82) is 0 Å². The highest BCUT2D eigenvalue weighted by molar-refractivity contribution is 5.48. The Hall–Kier alpha value is -1.36. The van der Waals surface area contributed by atoms with Crippen LogP contribution in [0.15, 0.2) is 6.07 Å².